The summed E-state index contributed by atoms with van der Waals surface area (Å²) in [5.41, 5.74) is 0. The van der Waals surface area contributed by atoms with E-state index in [1.54, 1.807) is 0 Å². The number of halogens is 1. The zero-order valence-electron chi connectivity index (χ0n) is 11.0. The Morgan fingerprint density at radius 3 is 2.17 bits per heavy atom. The first-order chi connectivity index (χ1) is 8.78. The lowest BCUT2D eigenvalue weighted by atomic mass is 9.51. The highest BCUT2D eigenvalue weighted by Gasteiger charge is 2.50. The first-order valence-corrected chi connectivity index (χ1v) is 8.73. The Hall–Kier alpha value is -0.0500. The Kier molecular flexibility index (Phi) is 3.97. The van der Waals surface area contributed by atoms with Crippen molar-refractivity contribution < 1.29 is 4.79 Å². The fraction of sp³-hybridized carbons (Fsp3) is 0.933. The molecule has 4 aliphatic carbocycles. The number of nitrogens with one attached hydrogen (secondary N) is 1. The molecular weight excluding hydrogens is 290 g/mol. The second-order valence-corrected chi connectivity index (χ2v) is 7.44. The third-order valence-corrected chi connectivity index (χ3v) is 5.95. The van der Waals surface area contributed by atoms with Crippen molar-refractivity contribution in [2.75, 3.05) is 11.9 Å². The molecule has 4 aliphatic rings. The zero-order chi connectivity index (χ0) is 12.5. The van der Waals surface area contributed by atoms with Crippen LogP contribution in [0.3, 0.4) is 0 Å². The van der Waals surface area contributed by atoms with Gasteiger partial charge in [-0.1, -0.05) is 15.9 Å². The van der Waals surface area contributed by atoms with Crippen LogP contribution in [0.25, 0.3) is 0 Å². The number of amides is 1. The minimum Gasteiger partial charge on any atom is -0.356 e. The van der Waals surface area contributed by atoms with Gasteiger partial charge in [-0.2, -0.15) is 0 Å². The fourth-order valence-electron chi connectivity index (χ4n) is 4.90. The van der Waals surface area contributed by atoms with Gasteiger partial charge in [0.1, 0.15) is 0 Å². The second kappa shape index (κ2) is 5.52. The van der Waals surface area contributed by atoms with Gasteiger partial charge in [0.05, 0.1) is 0 Å². The Morgan fingerprint density at radius 1 is 1.00 bits per heavy atom. The molecule has 18 heavy (non-hydrogen) atoms. The Morgan fingerprint density at radius 2 is 1.61 bits per heavy atom. The number of alkyl halides is 1. The van der Waals surface area contributed by atoms with Gasteiger partial charge < -0.3 is 5.32 Å². The van der Waals surface area contributed by atoms with E-state index < -0.39 is 0 Å². The molecule has 4 saturated carbocycles. The van der Waals surface area contributed by atoms with Crippen molar-refractivity contribution in [3.63, 3.8) is 0 Å². The molecule has 0 saturated heterocycles. The largest absolute Gasteiger partial charge is 0.356 e. The maximum absolute atomic E-state index is 12.4. The van der Waals surface area contributed by atoms with Crippen LogP contribution in [0.5, 0.6) is 0 Å². The standard InChI is InChI=1S/C15H24BrNO/c16-3-1-2-4-17-15(18)14-12-6-10-5-11(8-12)9-13(14)7-10/h10-14H,1-9H2,(H,17,18). The van der Waals surface area contributed by atoms with E-state index in [1.807, 2.05) is 0 Å². The molecule has 1 amide bonds. The van der Waals surface area contributed by atoms with Crippen LogP contribution in [0.15, 0.2) is 0 Å². The maximum Gasteiger partial charge on any atom is 0.223 e. The summed E-state index contributed by atoms with van der Waals surface area (Å²) in [7, 11) is 0. The minimum absolute atomic E-state index is 0.363. The predicted octanol–water partition coefficient (Wildman–Crippen LogP) is 3.35. The molecule has 0 atom stereocenters. The Balaban J connectivity index is 1.54. The van der Waals surface area contributed by atoms with E-state index in [1.165, 1.54) is 32.1 Å². The third kappa shape index (κ3) is 2.48. The van der Waals surface area contributed by atoms with Gasteiger partial charge in [0, 0.05) is 17.8 Å². The van der Waals surface area contributed by atoms with Crippen molar-refractivity contribution in [3.8, 4) is 0 Å². The summed E-state index contributed by atoms with van der Waals surface area (Å²) >= 11 is 3.43. The predicted molar refractivity (Wildman–Crippen MR) is 76.6 cm³/mol. The van der Waals surface area contributed by atoms with Gasteiger partial charge in [-0.3, -0.25) is 4.79 Å². The topological polar surface area (TPSA) is 29.1 Å². The Labute approximate surface area is 118 Å². The van der Waals surface area contributed by atoms with Gasteiger partial charge in [-0.15, -0.1) is 0 Å². The van der Waals surface area contributed by atoms with Crippen LogP contribution in [0.2, 0.25) is 0 Å². The lowest BCUT2D eigenvalue weighted by molar-refractivity contribution is -0.138. The van der Waals surface area contributed by atoms with E-state index in [2.05, 4.69) is 21.2 Å². The van der Waals surface area contributed by atoms with Crippen LogP contribution in [0, 0.1) is 29.6 Å². The summed E-state index contributed by atoms with van der Waals surface area (Å²) in [6.07, 6.45) is 9.08. The molecule has 0 aliphatic heterocycles. The molecule has 0 heterocycles. The van der Waals surface area contributed by atoms with Gasteiger partial charge in [-0.25, -0.2) is 0 Å². The highest BCUT2D eigenvalue weighted by Crippen LogP contribution is 2.56. The highest BCUT2D eigenvalue weighted by atomic mass is 79.9. The van der Waals surface area contributed by atoms with Gasteiger partial charge in [0.25, 0.3) is 0 Å². The van der Waals surface area contributed by atoms with Crippen LogP contribution in [0.1, 0.15) is 44.9 Å². The van der Waals surface area contributed by atoms with Crippen LogP contribution in [-0.4, -0.2) is 17.8 Å². The van der Waals surface area contributed by atoms with Gasteiger partial charge in [0.15, 0.2) is 0 Å². The maximum atomic E-state index is 12.4. The van der Waals surface area contributed by atoms with Crippen molar-refractivity contribution in [2.24, 2.45) is 29.6 Å². The normalized spacial score (nSPS) is 41.1. The molecule has 0 aromatic rings. The van der Waals surface area contributed by atoms with Crippen molar-refractivity contribution in [2.45, 2.75) is 44.9 Å². The molecule has 1 N–H and O–H groups in total. The van der Waals surface area contributed by atoms with E-state index in [0.29, 0.717) is 11.8 Å². The first kappa shape index (κ1) is 13.0. The van der Waals surface area contributed by atoms with Crippen molar-refractivity contribution >= 4 is 21.8 Å². The average molecular weight is 314 g/mol. The molecule has 0 radical (unpaired) electrons. The number of carbonyl (C=O) groups excluding carboxylic acids is 1. The number of hydrogen-bond donors (Lipinski definition) is 1. The SMILES string of the molecule is O=C(NCCCCBr)C1C2CC3CC(C2)CC1C3. The van der Waals surface area contributed by atoms with Crippen LogP contribution in [0.4, 0.5) is 0 Å². The lowest BCUT2D eigenvalue weighted by Gasteiger charge is -2.53. The summed E-state index contributed by atoms with van der Waals surface area (Å²) in [5, 5.41) is 4.23. The molecule has 4 fully saturated rings. The molecule has 4 bridgehead atoms. The second-order valence-electron chi connectivity index (χ2n) is 6.64. The Bertz CT molecular complexity index is 290. The van der Waals surface area contributed by atoms with Crippen LogP contribution >= 0.6 is 15.9 Å². The third-order valence-electron chi connectivity index (χ3n) is 5.39. The quantitative estimate of drug-likeness (QED) is 0.612. The minimum atomic E-state index is 0.363. The average Bonchev–Trinajstić information content (AvgIpc) is 2.33. The van der Waals surface area contributed by atoms with Crippen molar-refractivity contribution in [1.29, 1.82) is 0 Å². The zero-order valence-corrected chi connectivity index (χ0v) is 12.6. The van der Waals surface area contributed by atoms with E-state index in [4.69, 9.17) is 0 Å². The summed E-state index contributed by atoms with van der Waals surface area (Å²) in [6, 6.07) is 0. The van der Waals surface area contributed by atoms with Gasteiger partial charge >= 0.3 is 0 Å². The molecule has 0 spiro atoms. The number of hydrogen-bond acceptors (Lipinski definition) is 1. The van der Waals surface area contributed by atoms with Gasteiger partial charge in [0.2, 0.25) is 5.91 Å². The van der Waals surface area contributed by atoms with E-state index in [0.717, 1.165) is 48.4 Å². The van der Waals surface area contributed by atoms with Gasteiger partial charge in [-0.05, 0) is 68.6 Å². The van der Waals surface area contributed by atoms with E-state index >= 15 is 0 Å². The molecule has 4 rings (SSSR count). The lowest BCUT2D eigenvalue weighted by Crippen LogP contribution is -2.51. The molecule has 2 nitrogen and oxygen atoms in total. The van der Waals surface area contributed by atoms with Crippen LogP contribution in [-0.2, 0) is 4.79 Å². The fourth-order valence-corrected chi connectivity index (χ4v) is 5.30. The first-order valence-electron chi connectivity index (χ1n) is 7.61. The van der Waals surface area contributed by atoms with E-state index in [9.17, 15) is 4.79 Å². The number of rotatable bonds is 5. The molecule has 102 valence electrons. The summed E-state index contributed by atoms with van der Waals surface area (Å²) < 4.78 is 0. The summed E-state index contributed by atoms with van der Waals surface area (Å²) in [4.78, 5) is 12.4. The van der Waals surface area contributed by atoms with Crippen molar-refractivity contribution in [3.05, 3.63) is 0 Å². The molecule has 0 unspecified atom stereocenters. The highest BCUT2D eigenvalue weighted by molar-refractivity contribution is 9.09. The molecule has 0 aromatic heterocycles. The monoisotopic (exact) mass is 313 g/mol. The number of carbonyl (C=O) groups is 1. The molecule has 0 aromatic carbocycles. The summed E-state index contributed by atoms with van der Waals surface area (Å²) in [6.45, 7) is 0.868. The molecular formula is C15H24BrNO. The van der Waals surface area contributed by atoms with Crippen molar-refractivity contribution in [1.82, 2.24) is 5.32 Å². The number of unbranched alkanes of at least 4 members (excludes halogenated alkanes) is 1. The molecule has 3 heteroatoms. The summed E-state index contributed by atoms with van der Waals surface area (Å²) in [5.74, 6) is 4.10. The van der Waals surface area contributed by atoms with E-state index in [-0.39, 0.29) is 0 Å². The smallest absolute Gasteiger partial charge is 0.223 e. The van der Waals surface area contributed by atoms with Crippen LogP contribution < -0.4 is 5.32 Å².